The van der Waals surface area contributed by atoms with Crippen LogP contribution in [-0.2, 0) is 7.05 Å². The molecule has 0 aliphatic carbocycles. The molecule has 0 aliphatic rings. The molecule has 26 heavy (non-hydrogen) atoms. The SMILES string of the molecule is Cc1ccc(-n2nc(C(=O)Nc3nccs3)c3ncn(C)c(=O)c32)cc1. The van der Waals surface area contributed by atoms with Crippen molar-refractivity contribution in [3.63, 3.8) is 0 Å². The van der Waals surface area contributed by atoms with Crippen molar-refractivity contribution in [1.29, 1.82) is 0 Å². The Morgan fingerprint density at radius 3 is 2.65 bits per heavy atom. The van der Waals surface area contributed by atoms with Crippen LogP contribution in [0.5, 0.6) is 0 Å². The van der Waals surface area contributed by atoms with Gasteiger partial charge in [-0.3, -0.25) is 14.9 Å². The first-order valence-corrected chi connectivity index (χ1v) is 8.65. The third-order valence-electron chi connectivity index (χ3n) is 3.89. The molecule has 0 fully saturated rings. The Balaban J connectivity index is 1.92. The fourth-order valence-corrected chi connectivity index (χ4v) is 3.08. The van der Waals surface area contributed by atoms with Crippen LogP contribution in [0.25, 0.3) is 16.7 Å². The van der Waals surface area contributed by atoms with Gasteiger partial charge in [0.05, 0.1) is 12.0 Å². The van der Waals surface area contributed by atoms with Crippen molar-refractivity contribution in [2.45, 2.75) is 6.92 Å². The Hall–Kier alpha value is -3.33. The minimum absolute atomic E-state index is 0.0773. The number of fused-ring (bicyclic) bond motifs is 1. The minimum Gasteiger partial charge on any atom is -0.301 e. The number of rotatable bonds is 3. The molecule has 0 aliphatic heterocycles. The maximum atomic E-state index is 12.7. The maximum absolute atomic E-state index is 12.7. The summed E-state index contributed by atoms with van der Waals surface area (Å²) in [6.45, 7) is 1.97. The van der Waals surface area contributed by atoms with Gasteiger partial charge in [0.15, 0.2) is 16.3 Å². The summed E-state index contributed by atoms with van der Waals surface area (Å²) < 4.78 is 2.82. The standard InChI is InChI=1S/C17H14N6O2S/c1-10-3-5-11(6-4-10)23-14-12(19-9-22(2)16(14)25)13(21-23)15(24)20-17-18-7-8-26-17/h3-9H,1-2H3,(H,18,20,24). The predicted molar refractivity (Wildman–Crippen MR) is 98.9 cm³/mol. The molecule has 0 saturated carbocycles. The summed E-state index contributed by atoms with van der Waals surface area (Å²) >= 11 is 1.30. The highest BCUT2D eigenvalue weighted by molar-refractivity contribution is 7.13. The van der Waals surface area contributed by atoms with Crippen LogP contribution >= 0.6 is 11.3 Å². The molecule has 1 aromatic carbocycles. The summed E-state index contributed by atoms with van der Waals surface area (Å²) in [6.07, 6.45) is 2.98. The Bertz CT molecular complexity index is 1160. The Kier molecular flexibility index (Phi) is 3.85. The monoisotopic (exact) mass is 366 g/mol. The molecular weight excluding hydrogens is 352 g/mol. The number of benzene rings is 1. The summed E-state index contributed by atoms with van der Waals surface area (Å²) in [4.78, 5) is 33.6. The number of aryl methyl sites for hydroxylation is 2. The molecule has 0 bridgehead atoms. The zero-order valence-corrected chi connectivity index (χ0v) is 14.8. The summed E-state index contributed by atoms with van der Waals surface area (Å²) in [7, 11) is 1.61. The molecule has 0 unspecified atom stereocenters. The fourth-order valence-electron chi connectivity index (χ4n) is 2.56. The smallest absolute Gasteiger partial charge is 0.280 e. The second-order valence-corrected chi connectivity index (χ2v) is 6.64. The lowest BCUT2D eigenvalue weighted by atomic mass is 10.2. The number of amides is 1. The van der Waals surface area contributed by atoms with E-state index in [1.54, 1.807) is 18.6 Å². The molecule has 0 atom stereocenters. The van der Waals surface area contributed by atoms with Crippen molar-refractivity contribution in [3.8, 4) is 5.69 Å². The highest BCUT2D eigenvalue weighted by atomic mass is 32.1. The van der Waals surface area contributed by atoms with E-state index in [9.17, 15) is 9.59 Å². The van der Waals surface area contributed by atoms with Gasteiger partial charge in [-0.2, -0.15) is 5.10 Å². The van der Waals surface area contributed by atoms with Gasteiger partial charge in [0.1, 0.15) is 5.52 Å². The lowest BCUT2D eigenvalue weighted by Gasteiger charge is -2.04. The van der Waals surface area contributed by atoms with Gasteiger partial charge in [-0.15, -0.1) is 11.3 Å². The van der Waals surface area contributed by atoms with Gasteiger partial charge in [0.25, 0.3) is 11.5 Å². The van der Waals surface area contributed by atoms with Crippen molar-refractivity contribution in [1.82, 2.24) is 24.3 Å². The third kappa shape index (κ3) is 2.68. The Labute approximate surface area is 151 Å². The number of carbonyl (C=O) groups is 1. The summed E-state index contributed by atoms with van der Waals surface area (Å²) in [6, 6.07) is 7.52. The molecule has 1 amide bonds. The lowest BCUT2D eigenvalue weighted by molar-refractivity contribution is 0.102. The van der Waals surface area contributed by atoms with E-state index in [4.69, 9.17) is 0 Å². The Morgan fingerprint density at radius 1 is 1.19 bits per heavy atom. The van der Waals surface area contributed by atoms with E-state index < -0.39 is 5.91 Å². The lowest BCUT2D eigenvalue weighted by Crippen LogP contribution is -2.19. The van der Waals surface area contributed by atoms with E-state index in [0.717, 1.165) is 5.56 Å². The third-order valence-corrected chi connectivity index (χ3v) is 4.58. The quantitative estimate of drug-likeness (QED) is 0.599. The molecule has 0 radical (unpaired) electrons. The molecule has 0 saturated heterocycles. The van der Waals surface area contributed by atoms with Gasteiger partial charge in [0.2, 0.25) is 0 Å². The summed E-state index contributed by atoms with van der Waals surface area (Å²) in [5, 5.41) is 9.27. The van der Waals surface area contributed by atoms with Crippen LogP contribution in [0.2, 0.25) is 0 Å². The number of hydrogen-bond acceptors (Lipinski definition) is 6. The van der Waals surface area contributed by atoms with Crippen LogP contribution in [-0.4, -0.2) is 30.2 Å². The number of carbonyl (C=O) groups excluding carboxylic acids is 1. The van der Waals surface area contributed by atoms with Crippen LogP contribution in [0, 0.1) is 6.92 Å². The van der Waals surface area contributed by atoms with Crippen molar-refractivity contribution < 1.29 is 4.79 Å². The van der Waals surface area contributed by atoms with Gasteiger partial charge in [-0.1, -0.05) is 17.7 Å². The minimum atomic E-state index is -0.462. The number of nitrogens with zero attached hydrogens (tertiary/aromatic N) is 5. The van der Waals surface area contributed by atoms with Gasteiger partial charge in [0, 0.05) is 18.6 Å². The first kappa shape index (κ1) is 16.2. The molecule has 3 heterocycles. The van der Waals surface area contributed by atoms with Crippen LogP contribution in [0.4, 0.5) is 5.13 Å². The molecule has 0 spiro atoms. The molecule has 8 nitrogen and oxygen atoms in total. The predicted octanol–water partition coefficient (Wildman–Crippen LogP) is 2.14. The number of aromatic nitrogens is 5. The molecule has 9 heteroatoms. The van der Waals surface area contributed by atoms with E-state index in [0.29, 0.717) is 10.8 Å². The van der Waals surface area contributed by atoms with Gasteiger partial charge >= 0.3 is 0 Å². The summed E-state index contributed by atoms with van der Waals surface area (Å²) in [5.74, 6) is -0.462. The van der Waals surface area contributed by atoms with Crippen LogP contribution in [0.15, 0.2) is 47.0 Å². The molecule has 4 aromatic rings. The second kappa shape index (κ2) is 6.19. The highest BCUT2D eigenvalue weighted by Crippen LogP contribution is 2.20. The van der Waals surface area contributed by atoms with E-state index in [2.05, 4.69) is 20.4 Å². The zero-order chi connectivity index (χ0) is 18.3. The van der Waals surface area contributed by atoms with Crippen molar-refractivity contribution in [2.24, 2.45) is 7.05 Å². The normalized spacial score (nSPS) is 11.0. The van der Waals surface area contributed by atoms with Crippen LogP contribution < -0.4 is 10.9 Å². The number of nitrogens with one attached hydrogen (secondary N) is 1. The van der Waals surface area contributed by atoms with Gasteiger partial charge in [-0.05, 0) is 19.1 Å². The van der Waals surface area contributed by atoms with E-state index >= 15 is 0 Å². The van der Waals surface area contributed by atoms with Crippen LogP contribution in [0.3, 0.4) is 0 Å². The van der Waals surface area contributed by atoms with Crippen molar-refractivity contribution in [3.05, 3.63) is 63.8 Å². The average Bonchev–Trinajstić information content (AvgIpc) is 3.26. The summed E-state index contributed by atoms with van der Waals surface area (Å²) in [5.41, 5.74) is 2.06. The maximum Gasteiger partial charge on any atom is 0.280 e. The van der Waals surface area contributed by atoms with Crippen LogP contribution in [0.1, 0.15) is 16.1 Å². The number of thiazole rings is 1. The topological polar surface area (TPSA) is 94.7 Å². The number of anilines is 1. The van der Waals surface area contributed by atoms with Gasteiger partial charge < -0.3 is 4.57 Å². The molecule has 3 aromatic heterocycles. The van der Waals surface area contributed by atoms with Gasteiger partial charge in [-0.25, -0.2) is 14.6 Å². The van der Waals surface area contributed by atoms with Crippen molar-refractivity contribution in [2.75, 3.05) is 5.32 Å². The largest absolute Gasteiger partial charge is 0.301 e. The molecule has 130 valence electrons. The van der Waals surface area contributed by atoms with Crippen molar-refractivity contribution >= 4 is 33.4 Å². The molecule has 4 rings (SSSR count). The average molecular weight is 366 g/mol. The fraction of sp³-hybridized carbons (Fsp3) is 0.118. The molecular formula is C17H14N6O2S. The molecule has 1 N–H and O–H groups in total. The highest BCUT2D eigenvalue weighted by Gasteiger charge is 2.22. The second-order valence-electron chi connectivity index (χ2n) is 5.75. The van der Waals surface area contributed by atoms with E-state index in [1.165, 1.54) is 26.9 Å². The zero-order valence-electron chi connectivity index (χ0n) is 14.0. The van der Waals surface area contributed by atoms with E-state index in [1.807, 2.05) is 31.2 Å². The first-order valence-electron chi connectivity index (χ1n) is 7.77. The number of hydrogen-bond donors (Lipinski definition) is 1. The first-order chi connectivity index (χ1) is 12.5. The Morgan fingerprint density at radius 2 is 1.96 bits per heavy atom. The van der Waals surface area contributed by atoms with E-state index in [-0.39, 0.29) is 22.3 Å².